The Morgan fingerprint density at radius 1 is 1.24 bits per heavy atom. The number of halogens is 1. The zero-order valence-corrected chi connectivity index (χ0v) is 15.2. The van der Waals surface area contributed by atoms with E-state index in [4.69, 9.17) is 16.3 Å². The molecule has 1 aliphatic rings. The highest BCUT2D eigenvalue weighted by molar-refractivity contribution is 7.91. The maximum Gasteiger partial charge on any atom is 0.231 e. The second-order valence-corrected chi connectivity index (χ2v) is 8.60. The summed E-state index contributed by atoms with van der Waals surface area (Å²) >= 11 is 5.99. The van der Waals surface area contributed by atoms with Gasteiger partial charge in [-0.15, -0.1) is 0 Å². The van der Waals surface area contributed by atoms with Crippen molar-refractivity contribution in [3.63, 3.8) is 0 Å². The van der Waals surface area contributed by atoms with Gasteiger partial charge in [0.05, 0.1) is 16.6 Å². The molecule has 0 fully saturated rings. The molecule has 0 aromatic heterocycles. The summed E-state index contributed by atoms with van der Waals surface area (Å²) in [6.45, 7) is 1.89. The first-order valence-corrected chi connectivity index (χ1v) is 9.97. The Morgan fingerprint density at radius 3 is 2.64 bits per heavy atom. The third-order valence-corrected chi connectivity index (χ3v) is 6.15. The molecule has 1 N–H and O–H groups in total. The van der Waals surface area contributed by atoms with Crippen LogP contribution in [0.3, 0.4) is 0 Å². The zero-order chi connectivity index (χ0) is 18.0. The highest BCUT2D eigenvalue weighted by Gasteiger charge is 2.26. The molecule has 0 spiro atoms. The van der Waals surface area contributed by atoms with Crippen LogP contribution in [-0.2, 0) is 21.1 Å². The van der Waals surface area contributed by atoms with E-state index in [1.807, 2.05) is 0 Å². The summed E-state index contributed by atoms with van der Waals surface area (Å²) in [6, 6.07) is 11.6. The SMILES string of the molecule is CCS(=O)(=O)c1ccc(NC(=O)C2COc3ccc(Cl)cc3C2)cc1. The summed E-state index contributed by atoms with van der Waals surface area (Å²) in [4.78, 5) is 12.7. The standard InChI is InChI=1S/C18H18ClNO4S/c1-2-25(22,23)16-6-4-15(5-7-16)20-18(21)13-9-12-10-14(19)3-8-17(12)24-11-13/h3-8,10,13H,2,9,11H2,1H3,(H,20,21). The Labute approximate surface area is 151 Å². The van der Waals surface area contributed by atoms with Gasteiger partial charge < -0.3 is 10.1 Å². The number of amides is 1. The summed E-state index contributed by atoms with van der Waals surface area (Å²) in [5.74, 6) is 0.296. The lowest BCUT2D eigenvalue weighted by Crippen LogP contribution is -2.32. The third kappa shape index (κ3) is 3.96. The fourth-order valence-corrected chi connectivity index (χ4v) is 3.77. The predicted molar refractivity (Wildman–Crippen MR) is 96.9 cm³/mol. The van der Waals surface area contributed by atoms with Crippen LogP contribution in [0, 0.1) is 5.92 Å². The lowest BCUT2D eigenvalue weighted by Gasteiger charge is -2.24. The monoisotopic (exact) mass is 379 g/mol. The number of ether oxygens (including phenoxy) is 1. The van der Waals surface area contributed by atoms with E-state index >= 15 is 0 Å². The van der Waals surface area contributed by atoms with Crippen molar-refractivity contribution in [2.75, 3.05) is 17.7 Å². The minimum absolute atomic E-state index is 0.0418. The molecule has 5 nitrogen and oxygen atoms in total. The van der Waals surface area contributed by atoms with E-state index in [-0.39, 0.29) is 22.5 Å². The zero-order valence-electron chi connectivity index (χ0n) is 13.7. The maximum atomic E-state index is 12.5. The molecule has 0 bridgehead atoms. The van der Waals surface area contributed by atoms with Crippen LogP contribution in [0.1, 0.15) is 12.5 Å². The van der Waals surface area contributed by atoms with Crippen LogP contribution < -0.4 is 10.1 Å². The number of fused-ring (bicyclic) bond motifs is 1. The van der Waals surface area contributed by atoms with E-state index in [9.17, 15) is 13.2 Å². The Kier molecular flexibility index (Phi) is 5.01. The highest BCUT2D eigenvalue weighted by atomic mass is 35.5. The summed E-state index contributed by atoms with van der Waals surface area (Å²) in [7, 11) is -3.25. The lowest BCUT2D eigenvalue weighted by molar-refractivity contribution is -0.121. The van der Waals surface area contributed by atoms with E-state index in [0.29, 0.717) is 23.7 Å². The van der Waals surface area contributed by atoms with Gasteiger partial charge in [-0.05, 0) is 54.4 Å². The third-order valence-electron chi connectivity index (χ3n) is 4.16. The summed E-state index contributed by atoms with van der Waals surface area (Å²) < 4.78 is 29.3. The van der Waals surface area contributed by atoms with Crippen molar-refractivity contribution in [1.29, 1.82) is 0 Å². The van der Waals surface area contributed by atoms with Gasteiger partial charge in [0.1, 0.15) is 12.4 Å². The second-order valence-electron chi connectivity index (χ2n) is 5.88. The molecule has 2 aromatic carbocycles. The molecule has 0 aliphatic carbocycles. The smallest absolute Gasteiger partial charge is 0.231 e. The van der Waals surface area contributed by atoms with Gasteiger partial charge in [-0.3, -0.25) is 4.79 Å². The Morgan fingerprint density at radius 2 is 1.96 bits per heavy atom. The van der Waals surface area contributed by atoms with Crippen LogP contribution in [0.15, 0.2) is 47.4 Å². The minimum atomic E-state index is -3.25. The van der Waals surface area contributed by atoms with Gasteiger partial charge in [-0.2, -0.15) is 0 Å². The Bertz CT molecular complexity index is 894. The van der Waals surface area contributed by atoms with Crippen molar-refractivity contribution in [2.45, 2.75) is 18.2 Å². The maximum absolute atomic E-state index is 12.5. The number of hydrogen-bond acceptors (Lipinski definition) is 4. The van der Waals surface area contributed by atoms with Gasteiger partial charge in [-0.1, -0.05) is 18.5 Å². The molecule has 25 heavy (non-hydrogen) atoms. The normalized spacial score (nSPS) is 16.6. The van der Waals surface area contributed by atoms with Crippen LogP contribution in [0.4, 0.5) is 5.69 Å². The molecule has 3 rings (SSSR count). The van der Waals surface area contributed by atoms with Crippen LogP contribution in [-0.4, -0.2) is 26.7 Å². The van der Waals surface area contributed by atoms with Gasteiger partial charge >= 0.3 is 0 Å². The highest BCUT2D eigenvalue weighted by Crippen LogP contribution is 2.30. The Hall–Kier alpha value is -2.05. The summed E-state index contributed by atoms with van der Waals surface area (Å²) in [5, 5.41) is 3.41. The van der Waals surface area contributed by atoms with Crippen LogP contribution >= 0.6 is 11.6 Å². The van der Waals surface area contributed by atoms with E-state index in [1.54, 1.807) is 37.3 Å². The largest absolute Gasteiger partial charge is 0.492 e. The number of nitrogens with one attached hydrogen (secondary N) is 1. The van der Waals surface area contributed by atoms with Crippen LogP contribution in [0.25, 0.3) is 0 Å². The van der Waals surface area contributed by atoms with Crippen molar-refractivity contribution in [3.05, 3.63) is 53.1 Å². The van der Waals surface area contributed by atoms with Gasteiger partial charge in [0.25, 0.3) is 0 Å². The first-order chi connectivity index (χ1) is 11.9. The average Bonchev–Trinajstić information content (AvgIpc) is 2.61. The molecule has 1 heterocycles. The van der Waals surface area contributed by atoms with Crippen LogP contribution in [0.5, 0.6) is 5.75 Å². The van der Waals surface area contributed by atoms with E-state index < -0.39 is 9.84 Å². The lowest BCUT2D eigenvalue weighted by atomic mass is 9.96. The van der Waals surface area contributed by atoms with Crippen LogP contribution in [0.2, 0.25) is 5.02 Å². The Balaban J connectivity index is 1.69. The van der Waals surface area contributed by atoms with Gasteiger partial charge in [0.2, 0.25) is 5.91 Å². The molecule has 0 radical (unpaired) electrons. The number of benzene rings is 2. The molecular formula is C18H18ClNO4S. The number of anilines is 1. The van der Waals surface area contributed by atoms with Crippen molar-refractivity contribution in [2.24, 2.45) is 5.92 Å². The van der Waals surface area contributed by atoms with Crippen molar-refractivity contribution >= 4 is 33.0 Å². The molecule has 7 heteroatoms. The number of carbonyl (C=O) groups excluding carboxylic acids is 1. The van der Waals surface area contributed by atoms with Gasteiger partial charge in [0.15, 0.2) is 9.84 Å². The molecule has 1 aliphatic heterocycles. The molecule has 132 valence electrons. The molecule has 1 atom stereocenters. The topological polar surface area (TPSA) is 72.5 Å². The average molecular weight is 380 g/mol. The molecule has 1 amide bonds. The fourth-order valence-electron chi connectivity index (χ4n) is 2.69. The van der Waals surface area contributed by atoms with Crippen molar-refractivity contribution in [3.8, 4) is 5.75 Å². The van der Waals surface area contributed by atoms with E-state index in [1.165, 1.54) is 12.1 Å². The first kappa shape index (κ1) is 17.8. The van der Waals surface area contributed by atoms with Crippen molar-refractivity contribution in [1.82, 2.24) is 0 Å². The number of rotatable bonds is 4. The number of carbonyl (C=O) groups is 1. The number of sulfone groups is 1. The second kappa shape index (κ2) is 7.06. The van der Waals surface area contributed by atoms with E-state index in [2.05, 4.69) is 5.32 Å². The first-order valence-electron chi connectivity index (χ1n) is 7.94. The summed E-state index contributed by atoms with van der Waals surface area (Å²) in [6.07, 6.45) is 0.546. The minimum Gasteiger partial charge on any atom is -0.492 e. The predicted octanol–water partition coefficient (Wildman–Crippen LogP) is 3.32. The van der Waals surface area contributed by atoms with E-state index in [0.717, 1.165) is 11.3 Å². The van der Waals surface area contributed by atoms with Crippen molar-refractivity contribution < 1.29 is 17.9 Å². The fraction of sp³-hybridized carbons (Fsp3) is 0.278. The molecule has 0 saturated carbocycles. The quantitative estimate of drug-likeness (QED) is 0.884. The molecule has 2 aromatic rings. The molecule has 0 saturated heterocycles. The van der Waals surface area contributed by atoms with Gasteiger partial charge in [-0.25, -0.2) is 8.42 Å². The molecular weight excluding hydrogens is 362 g/mol. The number of hydrogen-bond donors (Lipinski definition) is 1. The van der Waals surface area contributed by atoms with Gasteiger partial charge in [0, 0.05) is 10.7 Å². The summed E-state index contributed by atoms with van der Waals surface area (Å²) in [5.41, 5.74) is 1.46. The molecule has 1 unspecified atom stereocenters.